The van der Waals surface area contributed by atoms with Gasteiger partial charge in [-0.3, -0.25) is 28.8 Å². The third kappa shape index (κ3) is 17.9. The molecule has 0 aliphatic carbocycles. The number of benzene rings is 2. The number of nitrogens with one attached hydrogen (secondary N) is 3. The van der Waals surface area contributed by atoms with Crippen LogP contribution in [0.25, 0.3) is 0 Å². The fourth-order valence-corrected chi connectivity index (χ4v) is 6.66. The summed E-state index contributed by atoms with van der Waals surface area (Å²) >= 11 is 0. The Morgan fingerprint density at radius 1 is 0.661 bits per heavy atom. The zero-order valence-electron chi connectivity index (χ0n) is 39.1. The quantitative estimate of drug-likeness (QED) is 0.109. The van der Waals surface area contributed by atoms with Crippen molar-refractivity contribution in [1.82, 2.24) is 30.7 Å². The number of rotatable bonds is 25. The molecule has 2 rings (SSSR count). The van der Waals surface area contributed by atoms with Gasteiger partial charge in [0.2, 0.25) is 35.4 Å². The lowest BCUT2D eigenvalue weighted by Gasteiger charge is -2.36. The highest BCUT2D eigenvalue weighted by molar-refractivity contribution is 5.96. The van der Waals surface area contributed by atoms with Crippen LogP contribution in [0.4, 0.5) is 0 Å². The molecule has 0 saturated heterocycles. The first-order valence-corrected chi connectivity index (χ1v) is 21.7. The molecule has 346 valence electrons. The summed E-state index contributed by atoms with van der Waals surface area (Å²) in [6.07, 6.45) is 0.146. The van der Waals surface area contributed by atoms with Gasteiger partial charge in [0, 0.05) is 47.6 Å². The van der Waals surface area contributed by atoms with Gasteiger partial charge in [-0.15, -0.1) is 0 Å². The smallest absolute Gasteiger partial charge is 0.247 e. The van der Waals surface area contributed by atoms with E-state index < -0.39 is 71.5 Å². The number of aliphatic hydroxyl groups excluding tert-OH is 1. The maximum absolute atomic E-state index is 14.8. The molecule has 2 aromatic carbocycles. The summed E-state index contributed by atoms with van der Waals surface area (Å²) in [6, 6.07) is 12.6. The van der Waals surface area contributed by atoms with Crippen molar-refractivity contribution in [3.8, 4) is 0 Å². The number of carbonyl (C=O) groups excluding carboxylic acids is 6. The van der Waals surface area contributed by atoms with Crippen molar-refractivity contribution in [2.24, 2.45) is 11.8 Å². The third-order valence-corrected chi connectivity index (χ3v) is 10.5. The van der Waals surface area contributed by atoms with Crippen LogP contribution in [0.15, 0.2) is 60.7 Å². The van der Waals surface area contributed by atoms with E-state index in [2.05, 4.69) is 29.8 Å². The fraction of sp³-hybridized carbons (Fsp3) is 0.617. The third-order valence-electron chi connectivity index (χ3n) is 10.5. The van der Waals surface area contributed by atoms with Crippen LogP contribution in [0.1, 0.15) is 85.8 Å². The maximum Gasteiger partial charge on any atom is 0.247 e. The Balaban J connectivity index is 2.56. The van der Waals surface area contributed by atoms with E-state index in [1.165, 1.54) is 42.8 Å². The molecule has 0 spiro atoms. The highest BCUT2D eigenvalue weighted by atomic mass is 16.5. The fourth-order valence-electron chi connectivity index (χ4n) is 6.66. The number of carbonyl (C=O) groups is 6. The Bertz CT molecular complexity index is 1720. The van der Waals surface area contributed by atoms with Gasteiger partial charge < -0.3 is 45.2 Å². The van der Waals surface area contributed by atoms with Crippen LogP contribution < -0.4 is 16.0 Å². The Hall–Kier alpha value is -4.86. The molecule has 0 heterocycles. The zero-order chi connectivity index (χ0) is 46.7. The van der Waals surface area contributed by atoms with Crippen molar-refractivity contribution in [1.29, 1.82) is 0 Å². The molecule has 0 unspecified atom stereocenters. The average Bonchev–Trinajstić information content (AvgIpc) is 3.22. The first-order chi connectivity index (χ1) is 29.1. The summed E-state index contributed by atoms with van der Waals surface area (Å²) in [7, 11) is 5.93. The van der Waals surface area contributed by atoms with E-state index in [1.54, 1.807) is 27.8 Å². The highest BCUT2D eigenvalue weighted by Gasteiger charge is 2.39. The number of aliphatic hydroxyl groups is 1. The molecule has 0 saturated carbocycles. The second-order valence-electron chi connectivity index (χ2n) is 17.8. The van der Waals surface area contributed by atoms with Gasteiger partial charge in [-0.2, -0.15) is 0 Å². The van der Waals surface area contributed by atoms with Crippen LogP contribution in [0.3, 0.4) is 0 Å². The van der Waals surface area contributed by atoms with Crippen LogP contribution in [0.2, 0.25) is 0 Å². The maximum atomic E-state index is 14.8. The summed E-state index contributed by atoms with van der Waals surface area (Å²) in [4.78, 5) is 88.0. The first kappa shape index (κ1) is 53.3. The normalized spacial score (nSPS) is 14.5. The molecule has 4 N–H and O–H groups in total. The number of hydrogen-bond donors (Lipinski definition) is 4. The minimum atomic E-state index is -1.32. The molecule has 0 aliphatic heterocycles. The molecule has 6 amide bonds. The molecule has 0 radical (unpaired) electrons. The average molecular weight is 867 g/mol. The van der Waals surface area contributed by atoms with Crippen molar-refractivity contribution in [3.63, 3.8) is 0 Å². The van der Waals surface area contributed by atoms with E-state index in [0.29, 0.717) is 12.5 Å². The minimum Gasteiger partial charge on any atom is -0.391 e. The SMILES string of the molecule is CNC(=O)[C@@H](NC(=O)[C@H](CC(C)C)N(C)C(=O)[C@H](COC(C)(C)C)NC(=O)[C@H](Cc1ccccc1)N(C)C(=O)[C@H](Cc1ccccc1)N(C)C(=O)CCOCCC(C)C)[C@@H](C)O. The molecule has 62 heavy (non-hydrogen) atoms. The predicted molar refractivity (Wildman–Crippen MR) is 240 cm³/mol. The molecule has 15 heteroatoms. The largest absolute Gasteiger partial charge is 0.391 e. The molecule has 15 nitrogen and oxygen atoms in total. The standard InChI is InChI=1S/C47H74N6O9/c1-31(2)23-25-61-26-24-40(55)51(10)39(29-35-21-17-14-18-22-35)46(60)53(12)38(28-34-19-15-13-16-20-34)42(56)49-36(30-62-47(6,7)8)45(59)52(11)37(27-32(3)4)43(57)50-41(33(5)54)44(58)48-9/h13-22,31-33,36-39,41,54H,23-30H2,1-12H3,(H,48,58)(H,49,56)(H,50,57)/t33-,36+,37+,38+,39+,41+/m1/s1. The molecular weight excluding hydrogens is 793 g/mol. The molecule has 0 aromatic heterocycles. The van der Waals surface area contributed by atoms with E-state index >= 15 is 0 Å². The second kappa shape index (κ2) is 25.9. The van der Waals surface area contributed by atoms with Crippen molar-refractivity contribution in [2.45, 2.75) is 129 Å². The molecular formula is C47H74N6O9. The topological polar surface area (TPSA) is 187 Å². The zero-order valence-corrected chi connectivity index (χ0v) is 39.1. The Morgan fingerprint density at radius 3 is 1.66 bits per heavy atom. The number of likely N-dealkylation sites (N-methyl/N-ethyl adjacent to an activating group) is 4. The van der Waals surface area contributed by atoms with Crippen molar-refractivity contribution < 1.29 is 43.3 Å². The van der Waals surface area contributed by atoms with Crippen molar-refractivity contribution in [3.05, 3.63) is 71.8 Å². The Morgan fingerprint density at radius 2 is 1.18 bits per heavy atom. The van der Waals surface area contributed by atoms with Gasteiger partial charge in [0.15, 0.2) is 0 Å². The van der Waals surface area contributed by atoms with E-state index in [1.807, 2.05) is 74.5 Å². The monoisotopic (exact) mass is 867 g/mol. The van der Waals surface area contributed by atoms with Crippen LogP contribution in [0.5, 0.6) is 0 Å². The van der Waals surface area contributed by atoms with Crippen molar-refractivity contribution >= 4 is 35.4 Å². The lowest BCUT2D eigenvalue weighted by molar-refractivity contribution is -0.150. The van der Waals surface area contributed by atoms with Crippen LogP contribution >= 0.6 is 0 Å². The van der Waals surface area contributed by atoms with Crippen molar-refractivity contribution in [2.75, 3.05) is 48.0 Å². The van der Waals surface area contributed by atoms with Gasteiger partial charge >= 0.3 is 0 Å². The lowest BCUT2D eigenvalue weighted by Crippen LogP contribution is -2.61. The second-order valence-corrected chi connectivity index (χ2v) is 17.8. The summed E-state index contributed by atoms with van der Waals surface area (Å²) in [6.45, 7) is 15.2. The van der Waals surface area contributed by atoms with Crippen LogP contribution in [-0.2, 0) is 51.1 Å². The van der Waals surface area contributed by atoms with Gasteiger partial charge in [-0.25, -0.2) is 0 Å². The molecule has 0 aliphatic rings. The van der Waals surface area contributed by atoms with Gasteiger partial charge in [-0.1, -0.05) is 88.4 Å². The van der Waals surface area contributed by atoms with E-state index in [4.69, 9.17) is 9.47 Å². The summed E-state index contributed by atoms with van der Waals surface area (Å²) < 4.78 is 11.8. The number of amides is 6. The highest BCUT2D eigenvalue weighted by Crippen LogP contribution is 2.19. The number of hydrogen-bond acceptors (Lipinski definition) is 9. The Labute approximate surface area is 369 Å². The van der Waals surface area contributed by atoms with Crippen LogP contribution in [0, 0.1) is 11.8 Å². The predicted octanol–water partition coefficient (Wildman–Crippen LogP) is 3.36. The lowest BCUT2D eigenvalue weighted by atomic mass is 9.99. The summed E-state index contributed by atoms with van der Waals surface area (Å²) in [5.74, 6) is -2.96. The van der Waals surface area contributed by atoms with Gasteiger partial charge in [0.1, 0.15) is 30.2 Å². The van der Waals surface area contributed by atoms with Crippen LogP contribution in [-0.4, -0.2) is 145 Å². The molecule has 2 aromatic rings. The van der Waals surface area contributed by atoms with Gasteiger partial charge in [0.25, 0.3) is 0 Å². The first-order valence-electron chi connectivity index (χ1n) is 21.7. The van der Waals surface area contributed by atoms with Gasteiger partial charge in [0.05, 0.1) is 31.3 Å². The number of nitrogens with zero attached hydrogens (tertiary/aromatic N) is 3. The summed E-state index contributed by atoms with van der Waals surface area (Å²) in [5.41, 5.74) is 0.837. The minimum absolute atomic E-state index is 0.0667. The number of ether oxygens (including phenoxy) is 2. The van der Waals surface area contributed by atoms with E-state index in [-0.39, 0.29) is 50.7 Å². The summed E-state index contributed by atoms with van der Waals surface area (Å²) in [5, 5.41) is 18.2. The molecule has 0 fully saturated rings. The van der Waals surface area contributed by atoms with Gasteiger partial charge in [-0.05, 0) is 63.5 Å². The van der Waals surface area contributed by atoms with E-state index in [9.17, 15) is 33.9 Å². The molecule has 6 atom stereocenters. The van der Waals surface area contributed by atoms with E-state index in [0.717, 1.165) is 17.5 Å². The Kier molecular flexibility index (Phi) is 22.3. The molecule has 0 bridgehead atoms.